The van der Waals surface area contributed by atoms with Gasteiger partial charge < -0.3 is 5.11 Å². The van der Waals surface area contributed by atoms with E-state index in [4.69, 9.17) is 9.94 Å². The first kappa shape index (κ1) is 11.7. The summed E-state index contributed by atoms with van der Waals surface area (Å²) >= 11 is 0. The Morgan fingerprint density at radius 1 is 1.47 bits per heavy atom. The molecule has 0 aliphatic rings. The molecule has 15 heavy (non-hydrogen) atoms. The number of carbonyl (C=O) groups is 1. The monoisotopic (exact) mass is 209 g/mol. The van der Waals surface area contributed by atoms with Crippen LogP contribution in [0.5, 0.6) is 0 Å². The van der Waals surface area contributed by atoms with Crippen molar-refractivity contribution in [2.24, 2.45) is 5.92 Å². The van der Waals surface area contributed by atoms with Gasteiger partial charge in [0.15, 0.2) is 0 Å². The van der Waals surface area contributed by atoms with Crippen LogP contribution in [0, 0.1) is 5.92 Å². The summed E-state index contributed by atoms with van der Waals surface area (Å²) < 4.78 is 0. The molecule has 0 aromatic heterocycles. The third-order valence-corrected chi connectivity index (χ3v) is 1.99. The second-order valence-corrected chi connectivity index (χ2v) is 3.36. The molecular weight excluding hydrogens is 194 g/mol. The third kappa shape index (κ3) is 4.58. The fourth-order valence-electron chi connectivity index (χ4n) is 0.980. The number of aliphatic carboxylic acids is 1. The van der Waals surface area contributed by atoms with Gasteiger partial charge in [0.2, 0.25) is 0 Å². The standard InChI is InChI=1S/C11H15NO3/c1-9(11(13)14)7-12-15-8-10-5-3-2-4-6-10/h2-6,9,12H,7-8H2,1H3,(H,13,14)/t9-/m1/s1. The van der Waals surface area contributed by atoms with Crippen molar-refractivity contribution in [3.05, 3.63) is 35.9 Å². The summed E-state index contributed by atoms with van der Waals surface area (Å²) in [6.07, 6.45) is 0. The molecule has 1 aromatic rings. The minimum Gasteiger partial charge on any atom is -0.481 e. The topological polar surface area (TPSA) is 58.6 Å². The van der Waals surface area contributed by atoms with Gasteiger partial charge >= 0.3 is 5.97 Å². The van der Waals surface area contributed by atoms with Crippen molar-refractivity contribution in [1.82, 2.24) is 5.48 Å². The van der Waals surface area contributed by atoms with Crippen molar-refractivity contribution >= 4 is 5.97 Å². The molecule has 0 spiro atoms. The summed E-state index contributed by atoms with van der Waals surface area (Å²) in [5.74, 6) is -1.27. The molecule has 0 saturated heterocycles. The number of hydrogen-bond acceptors (Lipinski definition) is 3. The number of carboxylic acids is 1. The van der Waals surface area contributed by atoms with Crippen molar-refractivity contribution in [2.75, 3.05) is 6.54 Å². The van der Waals surface area contributed by atoms with E-state index in [0.29, 0.717) is 13.2 Å². The lowest BCUT2D eigenvalue weighted by Crippen LogP contribution is -2.26. The summed E-state index contributed by atoms with van der Waals surface area (Å²) in [5, 5.41) is 8.60. The number of hydroxylamine groups is 1. The lowest BCUT2D eigenvalue weighted by molar-refractivity contribution is -0.142. The molecule has 4 heteroatoms. The molecule has 0 aliphatic carbocycles. The van der Waals surface area contributed by atoms with Crippen LogP contribution in [0.25, 0.3) is 0 Å². The van der Waals surface area contributed by atoms with E-state index in [-0.39, 0.29) is 0 Å². The number of nitrogens with one attached hydrogen (secondary N) is 1. The molecule has 4 nitrogen and oxygen atoms in total. The fraction of sp³-hybridized carbons (Fsp3) is 0.364. The van der Waals surface area contributed by atoms with Gasteiger partial charge in [0, 0.05) is 6.54 Å². The van der Waals surface area contributed by atoms with Crippen LogP contribution >= 0.6 is 0 Å². The maximum Gasteiger partial charge on any atom is 0.307 e. The Hall–Kier alpha value is -1.39. The molecule has 0 heterocycles. The van der Waals surface area contributed by atoms with Gasteiger partial charge in [-0.3, -0.25) is 9.63 Å². The van der Waals surface area contributed by atoms with E-state index < -0.39 is 11.9 Å². The van der Waals surface area contributed by atoms with Gasteiger partial charge in [0.05, 0.1) is 12.5 Å². The van der Waals surface area contributed by atoms with Gasteiger partial charge in [-0.15, -0.1) is 0 Å². The predicted octanol–water partition coefficient (Wildman–Crippen LogP) is 1.43. The van der Waals surface area contributed by atoms with Crippen LogP contribution in [-0.2, 0) is 16.2 Å². The zero-order chi connectivity index (χ0) is 11.1. The second kappa shape index (κ2) is 6.16. The number of carboxylic acid groups (broad SMARTS) is 1. The molecule has 82 valence electrons. The van der Waals surface area contributed by atoms with E-state index in [9.17, 15) is 4.79 Å². The predicted molar refractivity (Wildman–Crippen MR) is 56.0 cm³/mol. The molecular formula is C11H15NO3. The van der Waals surface area contributed by atoms with Crippen molar-refractivity contribution in [3.8, 4) is 0 Å². The molecule has 1 rings (SSSR count). The number of hydrogen-bond donors (Lipinski definition) is 2. The molecule has 0 unspecified atom stereocenters. The first-order valence-electron chi connectivity index (χ1n) is 4.81. The van der Waals surface area contributed by atoms with E-state index >= 15 is 0 Å². The van der Waals surface area contributed by atoms with Crippen LogP contribution in [0.1, 0.15) is 12.5 Å². The number of benzene rings is 1. The van der Waals surface area contributed by atoms with Crippen LogP contribution in [0.4, 0.5) is 0 Å². The normalized spacial score (nSPS) is 12.3. The van der Waals surface area contributed by atoms with Crippen LogP contribution < -0.4 is 5.48 Å². The first-order valence-corrected chi connectivity index (χ1v) is 4.81. The highest BCUT2D eigenvalue weighted by molar-refractivity contribution is 5.69. The largest absolute Gasteiger partial charge is 0.481 e. The summed E-state index contributed by atoms with van der Waals surface area (Å²) in [5.41, 5.74) is 3.68. The van der Waals surface area contributed by atoms with Gasteiger partial charge in [-0.25, -0.2) is 5.48 Å². The third-order valence-electron chi connectivity index (χ3n) is 1.99. The maximum atomic E-state index is 10.5. The Morgan fingerprint density at radius 2 is 2.13 bits per heavy atom. The van der Waals surface area contributed by atoms with E-state index in [1.807, 2.05) is 30.3 Å². The summed E-state index contributed by atoms with van der Waals surface area (Å²) in [4.78, 5) is 15.6. The van der Waals surface area contributed by atoms with Crippen LogP contribution in [0.3, 0.4) is 0 Å². The maximum absolute atomic E-state index is 10.5. The van der Waals surface area contributed by atoms with Gasteiger partial charge in [0.1, 0.15) is 0 Å². The van der Waals surface area contributed by atoms with Crippen LogP contribution in [0.2, 0.25) is 0 Å². The summed E-state index contributed by atoms with van der Waals surface area (Å²) in [6, 6.07) is 9.69. The van der Waals surface area contributed by atoms with Gasteiger partial charge in [0.25, 0.3) is 0 Å². The molecule has 0 saturated carbocycles. The fourth-order valence-corrected chi connectivity index (χ4v) is 0.980. The van der Waals surface area contributed by atoms with Crippen molar-refractivity contribution in [3.63, 3.8) is 0 Å². The Balaban J connectivity index is 2.15. The lowest BCUT2D eigenvalue weighted by atomic mass is 10.2. The Bertz CT molecular complexity index is 300. The van der Waals surface area contributed by atoms with Crippen LogP contribution in [0.15, 0.2) is 30.3 Å². The Labute approximate surface area is 88.8 Å². The van der Waals surface area contributed by atoms with Crippen molar-refractivity contribution in [2.45, 2.75) is 13.5 Å². The average molecular weight is 209 g/mol. The molecule has 1 aromatic carbocycles. The van der Waals surface area contributed by atoms with E-state index in [2.05, 4.69) is 5.48 Å². The molecule has 2 N–H and O–H groups in total. The lowest BCUT2D eigenvalue weighted by Gasteiger charge is -2.08. The van der Waals surface area contributed by atoms with Gasteiger partial charge in [-0.1, -0.05) is 37.3 Å². The first-order chi connectivity index (χ1) is 7.20. The highest BCUT2D eigenvalue weighted by Crippen LogP contribution is 1.99. The molecule has 0 fully saturated rings. The van der Waals surface area contributed by atoms with E-state index in [1.54, 1.807) is 6.92 Å². The minimum atomic E-state index is -0.828. The second-order valence-electron chi connectivity index (χ2n) is 3.36. The zero-order valence-corrected chi connectivity index (χ0v) is 8.64. The van der Waals surface area contributed by atoms with E-state index in [0.717, 1.165) is 5.56 Å². The zero-order valence-electron chi connectivity index (χ0n) is 8.64. The molecule has 0 radical (unpaired) electrons. The Kier molecular flexibility index (Phi) is 4.80. The quantitative estimate of drug-likeness (QED) is 0.549. The average Bonchev–Trinajstić information content (AvgIpc) is 2.25. The minimum absolute atomic E-state index is 0.308. The molecule has 0 amide bonds. The SMILES string of the molecule is C[C@H](CNOCc1ccccc1)C(=O)O. The van der Waals surface area contributed by atoms with Gasteiger partial charge in [-0.2, -0.15) is 0 Å². The van der Waals surface area contributed by atoms with E-state index in [1.165, 1.54) is 0 Å². The molecule has 1 atom stereocenters. The molecule has 0 aliphatic heterocycles. The van der Waals surface area contributed by atoms with Gasteiger partial charge in [-0.05, 0) is 5.56 Å². The Morgan fingerprint density at radius 3 is 2.73 bits per heavy atom. The van der Waals surface area contributed by atoms with Crippen molar-refractivity contribution < 1.29 is 14.7 Å². The highest BCUT2D eigenvalue weighted by atomic mass is 16.6. The smallest absolute Gasteiger partial charge is 0.307 e. The molecule has 0 bridgehead atoms. The van der Waals surface area contributed by atoms with Crippen LogP contribution in [-0.4, -0.2) is 17.6 Å². The summed E-state index contributed by atoms with van der Waals surface area (Å²) in [7, 11) is 0. The van der Waals surface area contributed by atoms with Crippen molar-refractivity contribution in [1.29, 1.82) is 0 Å². The number of rotatable bonds is 6. The highest BCUT2D eigenvalue weighted by Gasteiger charge is 2.09. The summed E-state index contributed by atoms with van der Waals surface area (Å²) in [6.45, 7) is 2.37.